The van der Waals surface area contributed by atoms with Gasteiger partial charge in [-0.05, 0) is 69.0 Å². The third kappa shape index (κ3) is 3.06. The summed E-state index contributed by atoms with van der Waals surface area (Å²) in [6.45, 7) is 10.9. The Balaban J connectivity index is 2.33. The molecule has 2 rings (SSSR count). The molecule has 1 N–H and O–H groups in total. The highest BCUT2D eigenvalue weighted by Gasteiger charge is 2.13. The maximum Gasteiger partial charge on any atom is 0.0490 e. The third-order valence-electron chi connectivity index (χ3n) is 3.81. The van der Waals surface area contributed by atoms with E-state index in [4.69, 9.17) is 0 Å². The number of halogens is 1. The fourth-order valence-electron chi connectivity index (χ4n) is 2.94. The van der Waals surface area contributed by atoms with E-state index in [1.807, 2.05) is 0 Å². The van der Waals surface area contributed by atoms with Crippen LogP contribution in [0.4, 0.5) is 5.69 Å². The molecule has 0 aliphatic heterocycles. The van der Waals surface area contributed by atoms with Gasteiger partial charge in [0.05, 0.1) is 0 Å². The number of anilines is 1. The summed E-state index contributed by atoms with van der Waals surface area (Å²) in [6.07, 6.45) is 0. The van der Waals surface area contributed by atoms with Gasteiger partial charge in [0.15, 0.2) is 0 Å². The first-order valence-electron chi connectivity index (χ1n) is 6.99. The van der Waals surface area contributed by atoms with Gasteiger partial charge in [-0.3, -0.25) is 0 Å². The van der Waals surface area contributed by atoms with Crippen molar-refractivity contribution in [1.82, 2.24) is 0 Å². The summed E-state index contributed by atoms with van der Waals surface area (Å²) in [5, 5.41) is 3.64. The summed E-state index contributed by atoms with van der Waals surface area (Å²) in [4.78, 5) is 0. The van der Waals surface area contributed by atoms with E-state index in [1.165, 1.54) is 33.5 Å². The summed E-state index contributed by atoms with van der Waals surface area (Å²) in [7, 11) is 0. The molecular formula is C18H22BrN. The first-order valence-corrected chi connectivity index (χ1v) is 7.79. The second-order valence-electron chi connectivity index (χ2n) is 5.59. The molecule has 1 atom stereocenters. The van der Waals surface area contributed by atoms with Gasteiger partial charge in [-0.25, -0.2) is 0 Å². The SMILES string of the molecule is Cc1cc(C)c(C(C)Nc2cccc(Br)c2C)c(C)c1. The van der Waals surface area contributed by atoms with Crippen molar-refractivity contribution in [2.75, 3.05) is 5.32 Å². The van der Waals surface area contributed by atoms with Crippen molar-refractivity contribution in [2.45, 2.75) is 40.7 Å². The summed E-state index contributed by atoms with van der Waals surface area (Å²) in [5.74, 6) is 0. The Morgan fingerprint density at radius 2 is 1.60 bits per heavy atom. The minimum absolute atomic E-state index is 0.295. The van der Waals surface area contributed by atoms with Crippen molar-refractivity contribution < 1.29 is 0 Å². The van der Waals surface area contributed by atoms with E-state index in [0.29, 0.717) is 6.04 Å². The van der Waals surface area contributed by atoms with Crippen molar-refractivity contribution in [3.8, 4) is 0 Å². The van der Waals surface area contributed by atoms with Crippen LogP contribution in [0.5, 0.6) is 0 Å². The number of aryl methyl sites for hydroxylation is 3. The Kier molecular flexibility index (Phi) is 4.54. The molecule has 1 unspecified atom stereocenters. The van der Waals surface area contributed by atoms with Crippen LogP contribution in [0.25, 0.3) is 0 Å². The molecule has 2 aromatic carbocycles. The molecule has 0 aliphatic rings. The second-order valence-corrected chi connectivity index (χ2v) is 6.45. The Bertz CT molecular complexity index is 608. The number of rotatable bonds is 3. The molecule has 2 aromatic rings. The molecule has 0 heterocycles. The Hall–Kier alpha value is -1.28. The third-order valence-corrected chi connectivity index (χ3v) is 4.67. The number of nitrogens with one attached hydrogen (secondary N) is 1. The molecular weight excluding hydrogens is 310 g/mol. The number of benzene rings is 2. The van der Waals surface area contributed by atoms with Crippen LogP contribution < -0.4 is 5.32 Å². The minimum Gasteiger partial charge on any atom is -0.378 e. The van der Waals surface area contributed by atoms with Gasteiger partial charge in [0.25, 0.3) is 0 Å². The van der Waals surface area contributed by atoms with Crippen LogP contribution in [-0.2, 0) is 0 Å². The zero-order valence-corrected chi connectivity index (χ0v) is 14.4. The summed E-state index contributed by atoms with van der Waals surface area (Å²) >= 11 is 3.59. The largest absolute Gasteiger partial charge is 0.378 e. The van der Waals surface area contributed by atoms with Crippen LogP contribution in [0.1, 0.15) is 40.8 Å². The van der Waals surface area contributed by atoms with Gasteiger partial charge in [0.2, 0.25) is 0 Å². The second kappa shape index (κ2) is 6.01. The van der Waals surface area contributed by atoms with Gasteiger partial charge in [0.1, 0.15) is 0 Å². The molecule has 0 bridgehead atoms. The molecule has 0 aromatic heterocycles. The molecule has 106 valence electrons. The van der Waals surface area contributed by atoms with E-state index in [0.717, 1.165) is 4.47 Å². The van der Waals surface area contributed by atoms with Crippen LogP contribution in [-0.4, -0.2) is 0 Å². The average Bonchev–Trinajstić information content (AvgIpc) is 2.33. The summed E-state index contributed by atoms with van der Waals surface area (Å²) < 4.78 is 1.15. The van der Waals surface area contributed by atoms with Crippen LogP contribution >= 0.6 is 15.9 Å². The molecule has 0 spiro atoms. The standard InChI is InChI=1S/C18H22BrN/c1-11-9-12(2)18(13(3)10-11)15(5)20-17-8-6-7-16(19)14(17)4/h6-10,15,20H,1-5H3. The smallest absolute Gasteiger partial charge is 0.0490 e. The maximum atomic E-state index is 3.64. The lowest BCUT2D eigenvalue weighted by atomic mass is 9.94. The molecule has 2 heteroatoms. The normalized spacial score (nSPS) is 12.3. The first-order chi connectivity index (χ1) is 9.40. The molecule has 0 radical (unpaired) electrons. The monoisotopic (exact) mass is 331 g/mol. The summed E-state index contributed by atoms with van der Waals surface area (Å²) in [5.41, 5.74) is 7.88. The van der Waals surface area contributed by atoms with Gasteiger partial charge >= 0.3 is 0 Å². The zero-order chi connectivity index (χ0) is 14.9. The van der Waals surface area contributed by atoms with Gasteiger partial charge in [0, 0.05) is 16.2 Å². The van der Waals surface area contributed by atoms with E-state index in [1.54, 1.807) is 0 Å². The highest BCUT2D eigenvalue weighted by molar-refractivity contribution is 9.10. The van der Waals surface area contributed by atoms with Crippen molar-refractivity contribution in [3.05, 3.63) is 62.6 Å². The average molecular weight is 332 g/mol. The van der Waals surface area contributed by atoms with Crippen LogP contribution in [0.15, 0.2) is 34.8 Å². The topological polar surface area (TPSA) is 12.0 Å². The lowest BCUT2D eigenvalue weighted by molar-refractivity contribution is 0.860. The first kappa shape index (κ1) is 15.1. The molecule has 0 saturated heterocycles. The predicted octanol–water partition coefficient (Wildman–Crippen LogP) is 5.86. The highest BCUT2D eigenvalue weighted by atomic mass is 79.9. The highest BCUT2D eigenvalue weighted by Crippen LogP contribution is 2.30. The van der Waals surface area contributed by atoms with E-state index >= 15 is 0 Å². The van der Waals surface area contributed by atoms with Gasteiger partial charge in [-0.1, -0.05) is 39.7 Å². The predicted molar refractivity (Wildman–Crippen MR) is 91.6 cm³/mol. The molecule has 1 nitrogen and oxygen atoms in total. The fourth-order valence-corrected chi connectivity index (χ4v) is 3.31. The number of hydrogen-bond donors (Lipinski definition) is 1. The van der Waals surface area contributed by atoms with Gasteiger partial charge in [-0.15, -0.1) is 0 Å². The maximum absolute atomic E-state index is 3.64. The van der Waals surface area contributed by atoms with Crippen molar-refractivity contribution in [2.24, 2.45) is 0 Å². The van der Waals surface area contributed by atoms with Crippen LogP contribution in [0, 0.1) is 27.7 Å². The lowest BCUT2D eigenvalue weighted by Gasteiger charge is -2.22. The van der Waals surface area contributed by atoms with Crippen LogP contribution in [0.3, 0.4) is 0 Å². The Morgan fingerprint density at radius 1 is 1.00 bits per heavy atom. The van der Waals surface area contributed by atoms with Crippen molar-refractivity contribution in [3.63, 3.8) is 0 Å². The molecule has 0 aliphatic carbocycles. The van der Waals surface area contributed by atoms with E-state index < -0.39 is 0 Å². The van der Waals surface area contributed by atoms with Gasteiger partial charge in [-0.2, -0.15) is 0 Å². The van der Waals surface area contributed by atoms with E-state index in [-0.39, 0.29) is 0 Å². The Morgan fingerprint density at radius 3 is 2.20 bits per heavy atom. The lowest BCUT2D eigenvalue weighted by Crippen LogP contribution is -2.11. The molecule has 0 saturated carbocycles. The van der Waals surface area contributed by atoms with Crippen molar-refractivity contribution >= 4 is 21.6 Å². The zero-order valence-electron chi connectivity index (χ0n) is 12.8. The molecule has 0 fully saturated rings. The quantitative estimate of drug-likeness (QED) is 0.743. The van der Waals surface area contributed by atoms with E-state index in [9.17, 15) is 0 Å². The summed E-state index contributed by atoms with van der Waals surface area (Å²) in [6, 6.07) is 11.1. The van der Waals surface area contributed by atoms with Crippen molar-refractivity contribution in [1.29, 1.82) is 0 Å². The van der Waals surface area contributed by atoms with E-state index in [2.05, 4.69) is 86.2 Å². The molecule has 0 amide bonds. The fraction of sp³-hybridized carbons (Fsp3) is 0.333. The molecule has 20 heavy (non-hydrogen) atoms. The number of hydrogen-bond acceptors (Lipinski definition) is 1. The van der Waals surface area contributed by atoms with Crippen LogP contribution in [0.2, 0.25) is 0 Å². The minimum atomic E-state index is 0.295. The van der Waals surface area contributed by atoms with Gasteiger partial charge < -0.3 is 5.32 Å². The Labute approximate surface area is 130 Å².